The summed E-state index contributed by atoms with van der Waals surface area (Å²) in [6.45, 7) is -0.411. The van der Waals surface area contributed by atoms with Gasteiger partial charge < -0.3 is 6.53 Å². The molecule has 0 aromatic heterocycles. The van der Waals surface area contributed by atoms with Gasteiger partial charge in [-0.3, -0.25) is 9.10 Å². The van der Waals surface area contributed by atoms with Crippen LogP contribution in [0.4, 0.5) is 4.79 Å². The summed E-state index contributed by atoms with van der Waals surface area (Å²) in [4.78, 5) is 9.93. The van der Waals surface area contributed by atoms with Crippen molar-refractivity contribution in [3.8, 4) is 0 Å². The first-order valence-electron chi connectivity index (χ1n) is 1.48. The van der Waals surface area contributed by atoms with Crippen molar-refractivity contribution in [3.63, 3.8) is 0 Å². The van der Waals surface area contributed by atoms with Crippen molar-refractivity contribution in [2.75, 3.05) is 6.73 Å². The summed E-state index contributed by atoms with van der Waals surface area (Å²) in [5.74, 6) is 0. The summed E-state index contributed by atoms with van der Waals surface area (Å²) in [6.07, 6.45) is 0. The quantitative estimate of drug-likeness (QED) is 0.232. The van der Waals surface area contributed by atoms with Crippen molar-refractivity contribution in [2.24, 2.45) is 0 Å². The van der Waals surface area contributed by atoms with Gasteiger partial charge >= 0.3 is 51.4 Å². The van der Waals surface area contributed by atoms with Gasteiger partial charge in [0.2, 0.25) is 0 Å². The third kappa shape index (κ3) is 5.90. The zero-order valence-electron chi connectivity index (χ0n) is 5.40. The number of thiol groups is 2. The Morgan fingerprint density at radius 3 is 2.25 bits per heavy atom. The van der Waals surface area contributed by atoms with Crippen LogP contribution < -0.4 is 51.4 Å². The maximum absolute atomic E-state index is 9.93. The topological polar surface area (TPSA) is 40.5 Å². The normalized spacial score (nSPS) is 7.38. The molecular formula is C2H6KNO2S2. The number of carbonyl (C=O) groups is 1. The Morgan fingerprint density at radius 2 is 2.25 bits per heavy atom. The molecule has 0 aromatic carbocycles. The van der Waals surface area contributed by atoms with Gasteiger partial charge in [0.05, 0.1) is 0 Å². The zero-order chi connectivity index (χ0) is 5.86. The molecule has 1 N–H and O–H groups in total. The molecule has 0 fully saturated rings. The van der Waals surface area contributed by atoms with Crippen LogP contribution in [0.15, 0.2) is 0 Å². The Balaban J connectivity index is -0.000000180. The summed E-state index contributed by atoms with van der Waals surface area (Å²) in [5.41, 5.74) is 0. The van der Waals surface area contributed by atoms with E-state index in [0.29, 0.717) is 0 Å². The number of hydrogen-bond donors (Lipinski definition) is 3. The number of aliphatic hydroxyl groups excluding tert-OH is 1. The van der Waals surface area contributed by atoms with Crippen molar-refractivity contribution in [1.82, 2.24) is 4.31 Å². The molecule has 6 heteroatoms. The largest absolute Gasteiger partial charge is 1.00 e. The van der Waals surface area contributed by atoms with Crippen LogP contribution in [0.2, 0.25) is 0 Å². The zero-order valence-corrected chi connectivity index (χ0v) is 9.32. The fraction of sp³-hybridized carbons (Fsp3) is 0.500. The average Bonchev–Trinajstić information content (AvgIpc) is 1.65. The molecule has 0 bridgehead atoms. The van der Waals surface area contributed by atoms with Gasteiger partial charge in [-0.25, -0.2) is 0 Å². The summed E-state index contributed by atoms with van der Waals surface area (Å²) in [5, 5.41) is 7.52. The fourth-order valence-electron chi connectivity index (χ4n) is 0.0605. The van der Waals surface area contributed by atoms with Gasteiger partial charge in [-0.1, -0.05) is 25.4 Å². The molecule has 0 unspecified atom stereocenters. The molecule has 8 heavy (non-hydrogen) atoms. The van der Waals surface area contributed by atoms with E-state index in [1.54, 1.807) is 0 Å². The second kappa shape index (κ2) is 6.88. The fourth-order valence-corrected chi connectivity index (χ4v) is 0.124. The molecule has 0 radical (unpaired) electrons. The summed E-state index contributed by atoms with van der Waals surface area (Å²) in [7, 11) is 0. The summed E-state index contributed by atoms with van der Waals surface area (Å²) < 4.78 is 0.767. The average molecular weight is 179 g/mol. The number of hydrogen-bond acceptors (Lipinski definition) is 3. The minimum atomic E-state index is -0.564. The van der Waals surface area contributed by atoms with Crippen LogP contribution in [-0.4, -0.2) is 21.4 Å². The molecule has 0 aliphatic rings. The number of rotatable bonds is 1. The Hall–Kier alpha value is 1.77. The molecule has 0 spiro atoms. The molecular weight excluding hydrogens is 173 g/mol. The van der Waals surface area contributed by atoms with Crippen LogP contribution in [-0.2, 0) is 0 Å². The molecule has 3 nitrogen and oxygen atoms in total. The minimum absolute atomic E-state index is 0. The van der Waals surface area contributed by atoms with Gasteiger partial charge in [0.1, 0.15) is 6.73 Å². The summed E-state index contributed by atoms with van der Waals surface area (Å²) >= 11 is 6.81. The van der Waals surface area contributed by atoms with E-state index in [9.17, 15) is 4.79 Å². The van der Waals surface area contributed by atoms with Gasteiger partial charge in [0.15, 0.2) is 0 Å². The van der Waals surface area contributed by atoms with Crippen LogP contribution in [0.25, 0.3) is 0 Å². The van der Waals surface area contributed by atoms with Crippen LogP contribution in [0.5, 0.6) is 0 Å². The number of amides is 1. The first-order chi connectivity index (χ1) is 3.18. The molecule has 0 heterocycles. The van der Waals surface area contributed by atoms with E-state index in [4.69, 9.17) is 5.11 Å². The summed E-state index contributed by atoms with van der Waals surface area (Å²) in [6, 6.07) is 0. The van der Waals surface area contributed by atoms with Crippen LogP contribution in [0.1, 0.15) is 1.43 Å². The first kappa shape index (κ1) is 12.4. The molecule has 0 aliphatic heterocycles. The predicted octanol–water partition coefficient (Wildman–Crippen LogP) is -2.75. The smallest absolute Gasteiger partial charge is 1.00 e. The molecule has 0 saturated carbocycles. The van der Waals surface area contributed by atoms with E-state index >= 15 is 0 Å². The number of carbonyl (C=O) groups excluding carboxylic acids is 1. The third-order valence-corrected chi connectivity index (χ3v) is 1.06. The van der Waals surface area contributed by atoms with Crippen molar-refractivity contribution < 1.29 is 62.7 Å². The van der Waals surface area contributed by atoms with Crippen molar-refractivity contribution in [2.45, 2.75) is 0 Å². The van der Waals surface area contributed by atoms with Crippen molar-refractivity contribution in [3.05, 3.63) is 0 Å². The monoisotopic (exact) mass is 179 g/mol. The standard InChI is InChI=1S/C2H5NO2S2.K.H/c4-1-3(7)2(5)6;;/h4,7H,1H2,(H,5,6);;/q;+1;-1. The maximum Gasteiger partial charge on any atom is 1.00 e. The van der Waals surface area contributed by atoms with Gasteiger partial charge in [0.25, 0.3) is 5.24 Å². The second-order valence-corrected chi connectivity index (χ2v) is 1.69. The molecule has 0 aliphatic carbocycles. The molecule has 1 amide bonds. The van der Waals surface area contributed by atoms with Gasteiger partial charge in [0, 0.05) is 0 Å². The van der Waals surface area contributed by atoms with Crippen LogP contribution in [0.3, 0.4) is 0 Å². The maximum atomic E-state index is 9.93. The van der Waals surface area contributed by atoms with Crippen molar-refractivity contribution in [1.29, 1.82) is 0 Å². The van der Waals surface area contributed by atoms with E-state index in [1.807, 2.05) is 0 Å². The molecule has 0 rings (SSSR count). The van der Waals surface area contributed by atoms with Crippen LogP contribution >= 0.6 is 25.4 Å². The van der Waals surface area contributed by atoms with E-state index in [2.05, 4.69) is 25.4 Å². The Labute approximate surface area is 103 Å². The second-order valence-electron chi connectivity index (χ2n) is 0.824. The molecule has 44 valence electrons. The Kier molecular flexibility index (Phi) is 10.7. The predicted molar refractivity (Wildman–Crippen MR) is 33.4 cm³/mol. The van der Waals surface area contributed by atoms with Crippen LogP contribution in [0, 0.1) is 0 Å². The third-order valence-electron chi connectivity index (χ3n) is 0.355. The first-order valence-corrected chi connectivity index (χ1v) is 2.33. The molecule has 0 aromatic rings. The Morgan fingerprint density at radius 1 is 1.88 bits per heavy atom. The minimum Gasteiger partial charge on any atom is -1.00 e. The number of aliphatic hydroxyl groups is 1. The van der Waals surface area contributed by atoms with E-state index in [1.165, 1.54) is 0 Å². The van der Waals surface area contributed by atoms with Gasteiger partial charge in [-0.05, 0) is 0 Å². The number of nitrogens with zero attached hydrogens (tertiary/aromatic N) is 1. The van der Waals surface area contributed by atoms with Crippen molar-refractivity contribution >= 4 is 30.7 Å². The SMILES string of the molecule is O=C(S)N(S)CO.[H-].[K+]. The van der Waals surface area contributed by atoms with E-state index in [0.717, 1.165) is 4.31 Å². The van der Waals surface area contributed by atoms with Gasteiger partial charge in [-0.2, -0.15) is 0 Å². The molecule has 0 saturated heterocycles. The van der Waals surface area contributed by atoms with E-state index < -0.39 is 12.0 Å². The Bertz CT molecular complexity index is 85.0. The van der Waals surface area contributed by atoms with Gasteiger partial charge in [-0.15, -0.1) is 0 Å². The van der Waals surface area contributed by atoms with E-state index in [-0.39, 0.29) is 52.8 Å². The molecule has 0 atom stereocenters.